The Morgan fingerprint density at radius 1 is 0.867 bits per heavy atom. The molecule has 7 nitrogen and oxygen atoms in total. The van der Waals surface area contributed by atoms with Crippen LogP contribution in [0, 0.1) is 20.8 Å². The van der Waals surface area contributed by atoms with E-state index in [2.05, 4.69) is 16.2 Å². The van der Waals surface area contributed by atoms with Crippen molar-refractivity contribution < 1.29 is 19.1 Å². The van der Waals surface area contributed by atoms with Gasteiger partial charge in [0.15, 0.2) is 6.10 Å². The van der Waals surface area contributed by atoms with E-state index >= 15 is 0 Å². The van der Waals surface area contributed by atoms with E-state index in [0.29, 0.717) is 12.2 Å². The molecule has 0 aliphatic heterocycles. The molecule has 0 fully saturated rings. The van der Waals surface area contributed by atoms with Crippen LogP contribution in [0.25, 0.3) is 0 Å². The third-order valence-corrected chi connectivity index (χ3v) is 4.53. The van der Waals surface area contributed by atoms with Crippen LogP contribution >= 0.6 is 0 Å². The molecular weight excluding hydrogens is 382 g/mol. The largest absolute Gasteiger partial charge is 0.481 e. The van der Waals surface area contributed by atoms with Gasteiger partial charge in [0.05, 0.1) is 0 Å². The van der Waals surface area contributed by atoms with Crippen molar-refractivity contribution in [2.75, 3.05) is 5.32 Å². The Kier molecular flexibility index (Phi) is 8.41. The zero-order chi connectivity index (χ0) is 22.1. The first kappa shape index (κ1) is 22.9. The van der Waals surface area contributed by atoms with Gasteiger partial charge in [0.1, 0.15) is 5.75 Å². The van der Waals surface area contributed by atoms with Crippen LogP contribution < -0.4 is 20.9 Å². The summed E-state index contributed by atoms with van der Waals surface area (Å²) in [5.74, 6) is -0.590. The monoisotopic (exact) mass is 411 g/mol. The first-order valence-corrected chi connectivity index (χ1v) is 9.97. The zero-order valence-corrected chi connectivity index (χ0v) is 17.9. The molecule has 160 valence electrons. The van der Waals surface area contributed by atoms with Crippen molar-refractivity contribution in [2.45, 2.75) is 53.1 Å². The van der Waals surface area contributed by atoms with Crippen molar-refractivity contribution in [2.24, 2.45) is 0 Å². The quantitative estimate of drug-likeness (QED) is 0.581. The zero-order valence-electron chi connectivity index (χ0n) is 17.9. The Balaban J connectivity index is 1.75. The molecule has 0 unspecified atom stereocenters. The number of hydrazine groups is 1. The van der Waals surface area contributed by atoms with Crippen LogP contribution in [0.2, 0.25) is 0 Å². The van der Waals surface area contributed by atoms with Gasteiger partial charge in [0.2, 0.25) is 11.8 Å². The van der Waals surface area contributed by atoms with Crippen LogP contribution in [0.3, 0.4) is 0 Å². The highest BCUT2D eigenvalue weighted by molar-refractivity contribution is 5.94. The molecule has 3 amide bonds. The second-order valence-electron chi connectivity index (χ2n) is 7.23. The van der Waals surface area contributed by atoms with Gasteiger partial charge >= 0.3 is 0 Å². The molecular formula is C23H29N3O4. The van der Waals surface area contributed by atoms with Crippen molar-refractivity contribution in [1.29, 1.82) is 0 Å². The maximum atomic E-state index is 12.3. The minimum atomic E-state index is -0.736. The van der Waals surface area contributed by atoms with E-state index in [-0.39, 0.29) is 18.7 Å². The van der Waals surface area contributed by atoms with Crippen molar-refractivity contribution in [3.8, 4) is 5.75 Å². The summed E-state index contributed by atoms with van der Waals surface area (Å²) in [6.45, 7) is 7.63. The number of amides is 3. The Morgan fingerprint density at radius 2 is 1.50 bits per heavy atom. The van der Waals surface area contributed by atoms with Crippen LogP contribution in [0.5, 0.6) is 5.75 Å². The average Bonchev–Trinajstić information content (AvgIpc) is 2.72. The predicted octanol–water partition coefficient (Wildman–Crippen LogP) is 3.34. The van der Waals surface area contributed by atoms with Crippen molar-refractivity contribution in [3.05, 3.63) is 59.2 Å². The van der Waals surface area contributed by atoms with Crippen LogP contribution in [0.4, 0.5) is 5.69 Å². The van der Waals surface area contributed by atoms with Crippen LogP contribution in [-0.4, -0.2) is 23.8 Å². The number of ether oxygens (including phenoxy) is 1. The summed E-state index contributed by atoms with van der Waals surface area (Å²) in [5, 5.41) is 2.80. The average molecular weight is 412 g/mol. The molecule has 2 rings (SSSR count). The topological polar surface area (TPSA) is 96.5 Å². The number of rotatable bonds is 8. The number of nitrogens with one attached hydrogen (secondary N) is 3. The van der Waals surface area contributed by atoms with E-state index in [1.165, 1.54) is 0 Å². The maximum absolute atomic E-state index is 12.3. The lowest BCUT2D eigenvalue weighted by Crippen LogP contribution is -2.48. The number of benzene rings is 2. The lowest BCUT2D eigenvalue weighted by molar-refractivity contribution is -0.133. The van der Waals surface area contributed by atoms with Crippen molar-refractivity contribution in [3.63, 3.8) is 0 Å². The molecule has 0 spiro atoms. The molecule has 1 atom stereocenters. The number of anilines is 1. The third-order valence-electron chi connectivity index (χ3n) is 4.53. The molecule has 7 heteroatoms. The van der Waals surface area contributed by atoms with E-state index in [9.17, 15) is 14.4 Å². The van der Waals surface area contributed by atoms with Gasteiger partial charge in [0, 0.05) is 18.5 Å². The fourth-order valence-electron chi connectivity index (χ4n) is 2.69. The highest BCUT2D eigenvalue weighted by Gasteiger charge is 2.19. The molecule has 0 aliphatic rings. The first-order valence-electron chi connectivity index (χ1n) is 9.97. The van der Waals surface area contributed by atoms with Crippen molar-refractivity contribution in [1.82, 2.24) is 10.9 Å². The first-order chi connectivity index (χ1) is 14.3. The highest BCUT2D eigenvalue weighted by atomic mass is 16.5. The standard InChI is InChI=1S/C23H29N3O4/c1-5-20(30-18-10-7-15(2)8-11-18)23(29)26-25-22(28)13-12-21(27)24-19-14-16(3)6-9-17(19)4/h6-11,14,20H,5,12-13H2,1-4H3,(H,24,27)(H,25,28)(H,26,29)/t20-/m1/s1. The summed E-state index contributed by atoms with van der Waals surface area (Å²) in [7, 11) is 0. The Hall–Kier alpha value is -3.35. The van der Waals surface area contributed by atoms with Gasteiger partial charge in [0.25, 0.3) is 5.91 Å². The molecule has 0 saturated heterocycles. The van der Waals surface area contributed by atoms with Gasteiger partial charge < -0.3 is 10.1 Å². The molecule has 0 aliphatic carbocycles. The summed E-state index contributed by atoms with van der Waals surface area (Å²) >= 11 is 0. The summed E-state index contributed by atoms with van der Waals surface area (Å²) in [4.78, 5) is 36.4. The molecule has 2 aromatic carbocycles. The molecule has 30 heavy (non-hydrogen) atoms. The molecule has 0 radical (unpaired) electrons. The lowest BCUT2D eigenvalue weighted by atomic mass is 10.1. The Labute approximate surface area is 177 Å². The van der Waals surface area contributed by atoms with Gasteiger partial charge in [-0.15, -0.1) is 0 Å². The Bertz CT molecular complexity index is 894. The number of carbonyl (C=O) groups is 3. The molecule has 0 heterocycles. The lowest BCUT2D eigenvalue weighted by Gasteiger charge is -2.17. The summed E-state index contributed by atoms with van der Waals surface area (Å²) < 4.78 is 5.67. The van der Waals surface area contributed by atoms with E-state index in [1.807, 2.05) is 58.0 Å². The molecule has 0 saturated carbocycles. The minimum Gasteiger partial charge on any atom is -0.481 e. The van der Waals surface area contributed by atoms with Gasteiger partial charge in [-0.25, -0.2) is 0 Å². The summed E-state index contributed by atoms with van der Waals surface area (Å²) in [5.41, 5.74) is 8.50. The van der Waals surface area contributed by atoms with E-state index in [0.717, 1.165) is 22.4 Å². The maximum Gasteiger partial charge on any atom is 0.279 e. The molecule has 0 bridgehead atoms. The van der Waals surface area contributed by atoms with Crippen molar-refractivity contribution >= 4 is 23.4 Å². The smallest absolute Gasteiger partial charge is 0.279 e. The summed E-state index contributed by atoms with van der Waals surface area (Å²) in [6.07, 6.45) is -0.340. The van der Waals surface area contributed by atoms with Crippen LogP contribution in [-0.2, 0) is 14.4 Å². The number of hydrogen-bond donors (Lipinski definition) is 3. The Morgan fingerprint density at radius 3 is 2.17 bits per heavy atom. The van der Waals surface area contributed by atoms with Gasteiger partial charge in [-0.2, -0.15) is 0 Å². The fourth-order valence-corrected chi connectivity index (χ4v) is 2.69. The SMILES string of the molecule is CC[C@@H](Oc1ccc(C)cc1)C(=O)NNC(=O)CCC(=O)Nc1cc(C)ccc1C. The van der Waals surface area contributed by atoms with E-state index in [4.69, 9.17) is 4.74 Å². The number of aryl methyl sites for hydroxylation is 3. The van der Waals surface area contributed by atoms with E-state index < -0.39 is 17.9 Å². The third kappa shape index (κ3) is 7.24. The highest BCUT2D eigenvalue weighted by Crippen LogP contribution is 2.17. The van der Waals surface area contributed by atoms with Crippen LogP contribution in [0.15, 0.2) is 42.5 Å². The minimum absolute atomic E-state index is 0.00611. The van der Waals surface area contributed by atoms with Crippen LogP contribution in [0.1, 0.15) is 42.9 Å². The van der Waals surface area contributed by atoms with E-state index in [1.54, 1.807) is 12.1 Å². The van der Waals surface area contributed by atoms with Gasteiger partial charge in [-0.1, -0.05) is 36.8 Å². The number of carbonyl (C=O) groups excluding carboxylic acids is 3. The van der Waals surface area contributed by atoms with Gasteiger partial charge in [-0.05, 0) is 56.5 Å². The number of hydrogen-bond acceptors (Lipinski definition) is 4. The predicted molar refractivity (Wildman–Crippen MR) is 116 cm³/mol. The second-order valence-corrected chi connectivity index (χ2v) is 7.23. The summed E-state index contributed by atoms with van der Waals surface area (Å²) in [6, 6.07) is 13.1. The molecule has 0 aromatic heterocycles. The second kappa shape index (κ2) is 11.0. The molecule has 3 N–H and O–H groups in total. The van der Waals surface area contributed by atoms with Gasteiger partial charge in [-0.3, -0.25) is 25.2 Å². The fraction of sp³-hybridized carbons (Fsp3) is 0.348. The normalized spacial score (nSPS) is 11.3. The molecule has 2 aromatic rings.